The Kier molecular flexibility index (Phi) is 8.33. The average molecular weight is 549 g/mol. The molecule has 4 rings (SSSR count). The molecule has 2 aromatic carbocycles. The summed E-state index contributed by atoms with van der Waals surface area (Å²) < 4.78 is 7.90. The summed E-state index contributed by atoms with van der Waals surface area (Å²) in [6, 6.07) is 13.2. The summed E-state index contributed by atoms with van der Waals surface area (Å²) >= 11 is 15.0. The number of nitrogens with zero attached hydrogens (tertiary/aromatic N) is 4. The number of amides is 1. The minimum absolute atomic E-state index is 0.165. The maximum Gasteiger partial charge on any atom is 0.236 e. The Bertz CT molecular complexity index is 1320. The predicted molar refractivity (Wildman–Crippen MR) is 143 cm³/mol. The molecule has 0 radical (unpaired) electrons. The van der Waals surface area contributed by atoms with Crippen molar-refractivity contribution in [3.63, 3.8) is 0 Å². The number of thioether (sulfide) groups is 1. The molecule has 0 aliphatic carbocycles. The zero-order chi connectivity index (χ0) is 24.9. The van der Waals surface area contributed by atoms with Gasteiger partial charge < -0.3 is 14.6 Å². The van der Waals surface area contributed by atoms with Crippen molar-refractivity contribution in [2.75, 3.05) is 11.1 Å². The highest BCUT2D eigenvalue weighted by Crippen LogP contribution is 2.32. The van der Waals surface area contributed by atoms with Gasteiger partial charge in [0.1, 0.15) is 5.75 Å². The van der Waals surface area contributed by atoms with Crippen molar-refractivity contribution in [2.24, 2.45) is 0 Å². The van der Waals surface area contributed by atoms with Crippen LogP contribution >= 0.6 is 46.3 Å². The van der Waals surface area contributed by atoms with E-state index in [0.717, 1.165) is 11.3 Å². The van der Waals surface area contributed by atoms with Crippen LogP contribution in [0.15, 0.2) is 53.0 Å². The average Bonchev–Trinajstić information content (AvgIpc) is 3.47. The maximum absolute atomic E-state index is 12.6. The molecular formula is C24H23Cl2N5O2S2. The van der Waals surface area contributed by atoms with Gasteiger partial charge in [0.05, 0.1) is 16.5 Å². The quantitative estimate of drug-likeness (QED) is 0.229. The van der Waals surface area contributed by atoms with Crippen LogP contribution in [0.25, 0.3) is 11.3 Å². The van der Waals surface area contributed by atoms with Crippen LogP contribution in [0, 0.1) is 6.92 Å². The van der Waals surface area contributed by atoms with Crippen molar-refractivity contribution < 1.29 is 9.53 Å². The number of carbonyl (C=O) groups excluding carboxylic acids is 1. The van der Waals surface area contributed by atoms with Crippen LogP contribution < -0.4 is 10.1 Å². The van der Waals surface area contributed by atoms with E-state index in [1.54, 1.807) is 18.2 Å². The molecule has 1 atom stereocenters. The van der Waals surface area contributed by atoms with Gasteiger partial charge >= 0.3 is 0 Å². The first-order chi connectivity index (χ1) is 16.8. The van der Waals surface area contributed by atoms with Crippen LogP contribution in [-0.2, 0) is 11.3 Å². The van der Waals surface area contributed by atoms with Crippen molar-refractivity contribution in [3.05, 3.63) is 69.3 Å². The van der Waals surface area contributed by atoms with Crippen molar-refractivity contribution in [1.29, 1.82) is 0 Å². The number of ether oxygens (including phenoxy) is 1. The molecule has 0 aliphatic rings. The fourth-order valence-corrected chi connectivity index (χ4v) is 5.16. The predicted octanol–water partition coefficient (Wildman–Crippen LogP) is 6.91. The SMILES string of the molecule is CCn1c(SCC(=O)Nc2nc(-c3ccc(C)cc3)cs2)nnc1C(C)Oc1cc(Cl)ccc1Cl. The van der Waals surface area contributed by atoms with Gasteiger partial charge in [-0.2, -0.15) is 0 Å². The lowest BCUT2D eigenvalue weighted by molar-refractivity contribution is -0.113. The largest absolute Gasteiger partial charge is 0.481 e. The smallest absolute Gasteiger partial charge is 0.236 e. The van der Waals surface area contributed by atoms with Gasteiger partial charge in [-0.05, 0) is 32.9 Å². The highest BCUT2D eigenvalue weighted by Gasteiger charge is 2.20. The zero-order valence-corrected chi connectivity index (χ0v) is 22.4. The van der Waals surface area contributed by atoms with Gasteiger partial charge in [-0.1, -0.05) is 64.8 Å². The molecule has 1 amide bonds. The molecule has 35 heavy (non-hydrogen) atoms. The molecule has 0 spiro atoms. The van der Waals surface area contributed by atoms with E-state index in [9.17, 15) is 4.79 Å². The molecule has 1 N–H and O–H groups in total. The zero-order valence-electron chi connectivity index (χ0n) is 19.3. The first-order valence-corrected chi connectivity index (χ1v) is 13.5. The van der Waals surface area contributed by atoms with E-state index < -0.39 is 6.10 Å². The van der Waals surface area contributed by atoms with Crippen LogP contribution in [0.1, 0.15) is 31.3 Å². The molecule has 7 nitrogen and oxygen atoms in total. The Morgan fingerprint density at radius 1 is 1.20 bits per heavy atom. The molecule has 0 fully saturated rings. The summed E-state index contributed by atoms with van der Waals surface area (Å²) in [5.74, 6) is 1.11. The summed E-state index contributed by atoms with van der Waals surface area (Å²) in [6.07, 6.45) is -0.419. The number of hydrogen-bond donors (Lipinski definition) is 1. The minimum Gasteiger partial charge on any atom is -0.481 e. The van der Waals surface area contributed by atoms with Gasteiger partial charge in [0.2, 0.25) is 5.91 Å². The van der Waals surface area contributed by atoms with Crippen LogP contribution in [0.3, 0.4) is 0 Å². The molecule has 4 aromatic rings. The van der Waals surface area contributed by atoms with E-state index in [2.05, 4.69) is 20.5 Å². The van der Waals surface area contributed by atoms with E-state index in [-0.39, 0.29) is 11.7 Å². The summed E-state index contributed by atoms with van der Waals surface area (Å²) in [4.78, 5) is 17.1. The van der Waals surface area contributed by atoms with E-state index in [0.29, 0.717) is 38.5 Å². The lowest BCUT2D eigenvalue weighted by Gasteiger charge is -2.16. The number of carbonyl (C=O) groups is 1. The van der Waals surface area contributed by atoms with Crippen LogP contribution in [0.5, 0.6) is 5.75 Å². The molecular weight excluding hydrogens is 525 g/mol. The molecule has 2 aromatic heterocycles. The lowest BCUT2D eigenvalue weighted by atomic mass is 10.1. The van der Waals surface area contributed by atoms with E-state index in [1.807, 2.05) is 55.0 Å². The molecule has 182 valence electrons. The fraction of sp³-hybridized carbons (Fsp3) is 0.250. The number of thiazole rings is 1. The molecule has 0 aliphatic heterocycles. The number of benzene rings is 2. The standard InChI is InChI=1S/C24H23Cl2N5O2S2/c1-4-31-22(15(3)33-20-11-17(25)9-10-18(20)26)29-30-24(31)35-13-21(32)28-23-27-19(12-34-23)16-7-5-14(2)6-8-16/h5-12,15H,4,13H2,1-3H3,(H,27,28,32). The van der Waals surface area contributed by atoms with Crippen molar-refractivity contribution >= 4 is 57.3 Å². The van der Waals surface area contributed by atoms with Crippen molar-refractivity contribution in [1.82, 2.24) is 19.7 Å². The monoisotopic (exact) mass is 547 g/mol. The Morgan fingerprint density at radius 3 is 2.71 bits per heavy atom. The van der Waals surface area contributed by atoms with Gasteiger partial charge in [0, 0.05) is 28.6 Å². The van der Waals surface area contributed by atoms with Gasteiger partial charge in [0.25, 0.3) is 0 Å². The van der Waals surface area contributed by atoms with Crippen LogP contribution in [0.4, 0.5) is 5.13 Å². The summed E-state index contributed by atoms with van der Waals surface area (Å²) in [5, 5.41) is 15.5. The minimum atomic E-state index is -0.419. The summed E-state index contributed by atoms with van der Waals surface area (Å²) in [5.41, 5.74) is 3.04. The third kappa shape index (κ3) is 6.35. The Hall–Kier alpha value is -2.59. The topological polar surface area (TPSA) is 81.9 Å². The normalized spacial score (nSPS) is 11.9. The van der Waals surface area contributed by atoms with Gasteiger partial charge in [0.15, 0.2) is 22.2 Å². The molecule has 1 unspecified atom stereocenters. The van der Waals surface area contributed by atoms with Crippen molar-refractivity contribution in [2.45, 2.75) is 38.6 Å². The maximum atomic E-state index is 12.6. The molecule has 0 saturated heterocycles. The first-order valence-electron chi connectivity index (χ1n) is 10.8. The second-order valence-corrected chi connectivity index (χ2v) is 10.3. The lowest BCUT2D eigenvalue weighted by Crippen LogP contribution is -2.15. The number of anilines is 1. The fourth-order valence-electron chi connectivity index (χ4n) is 3.29. The molecule has 2 heterocycles. The van der Waals surface area contributed by atoms with E-state index >= 15 is 0 Å². The Labute approximate surface area is 221 Å². The first kappa shape index (κ1) is 25.5. The van der Waals surface area contributed by atoms with Crippen molar-refractivity contribution in [3.8, 4) is 17.0 Å². The second-order valence-electron chi connectivity index (χ2n) is 7.66. The van der Waals surface area contributed by atoms with Gasteiger partial charge in [-0.3, -0.25) is 4.79 Å². The molecule has 0 saturated carbocycles. The number of aryl methyl sites for hydroxylation is 1. The second kappa shape index (κ2) is 11.4. The third-order valence-corrected chi connectivity index (χ3v) is 7.32. The van der Waals surface area contributed by atoms with E-state index in [4.69, 9.17) is 27.9 Å². The van der Waals surface area contributed by atoms with Gasteiger partial charge in [-0.15, -0.1) is 21.5 Å². The summed E-state index contributed by atoms with van der Waals surface area (Å²) in [7, 11) is 0. The molecule has 11 heteroatoms. The van der Waals surface area contributed by atoms with Gasteiger partial charge in [-0.25, -0.2) is 4.98 Å². The summed E-state index contributed by atoms with van der Waals surface area (Å²) in [6.45, 7) is 6.51. The third-order valence-electron chi connectivity index (χ3n) is 5.05. The molecule has 0 bridgehead atoms. The number of halogens is 2. The number of rotatable bonds is 9. The van der Waals surface area contributed by atoms with E-state index in [1.165, 1.54) is 28.7 Å². The highest BCUT2D eigenvalue weighted by atomic mass is 35.5. The van der Waals surface area contributed by atoms with Crippen LogP contribution in [0.2, 0.25) is 10.0 Å². The number of hydrogen-bond acceptors (Lipinski definition) is 7. The van der Waals surface area contributed by atoms with Crippen LogP contribution in [-0.4, -0.2) is 31.4 Å². The highest BCUT2D eigenvalue weighted by molar-refractivity contribution is 7.99. The number of aromatic nitrogens is 4. The Morgan fingerprint density at radius 2 is 1.97 bits per heavy atom. The Balaban J connectivity index is 1.37. The number of nitrogens with one attached hydrogen (secondary N) is 1.